The van der Waals surface area contributed by atoms with Crippen molar-refractivity contribution < 1.29 is 28.1 Å². The summed E-state index contributed by atoms with van der Waals surface area (Å²) in [5, 5.41) is 0. The molecule has 1 unspecified atom stereocenters. The summed E-state index contributed by atoms with van der Waals surface area (Å²) in [6.45, 7) is 22.4. The second-order valence-electron chi connectivity index (χ2n) is 10.5. The normalized spacial score (nSPS) is 31.1. The van der Waals surface area contributed by atoms with Gasteiger partial charge in [0.05, 0.1) is 22.4 Å². The molecule has 0 bridgehead atoms. The van der Waals surface area contributed by atoms with E-state index in [4.69, 9.17) is 28.1 Å². The highest BCUT2D eigenvalue weighted by Crippen LogP contribution is 2.42. The van der Waals surface area contributed by atoms with Crippen LogP contribution in [0.15, 0.2) is 0 Å². The molecule has 6 nitrogen and oxygen atoms in total. The zero-order valence-electron chi connectivity index (χ0n) is 20.1. The molecular weight excluding hydrogens is 370 g/mol. The molecular formula is C21H42B2O6. The predicted octanol–water partition coefficient (Wildman–Crippen LogP) is 4.09. The van der Waals surface area contributed by atoms with Crippen LogP contribution in [0.3, 0.4) is 0 Å². The fourth-order valence-electron chi connectivity index (χ4n) is 3.16. The van der Waals surface area contributed by atoms with Crippen LogP contribution in [0.1, 0.15) is 81.6 Å². The van der Waals surface area contributed by atoms with Crippen LogP contribution in [0.5, 0.6) is 0 Å². The molecule has 0 aromatic rings. The Morgan fingerprint density at radius 1 is 0.586 bits per heavy atom. The molecule has 0 aliphatic carbocycles. The van der Waals surface area contributed by atoms with Gasteiger partial charge in [-0.25, -0.2) is 0 Å². The van der Waals surface area contributed by atoms with Gasteiger partial charge in [-0.2, -0.15) is 0 Å². The van der Waals surface area contributed by atoms with Gasteiger partial charge in [0, 0.05) is 26.4 Å². The maximum atomic E-state index is 5.96. The first-order valence-corrected chi connectivity index (χ1v) is 11.1. The molecule has 0 aromatic heterocycles. The van der Waals surface area contributed by atoms with E-state index >= 15 is 0 Å². The number of rotatable bonds is 1. The molecule has 0 amide bonds. The summed E-state index contributed by atoms with van der Waals surface area (Å²) in [4.78, 5) is 0. The van der Waals surface area contributed by atoms with E-state index in [-0.39, 0.29) is 22.4 Å². The van der Waals surface area contributed by atoms with Gasteiger partial charge >= 0.3 is 14.0 Å². The first kappa shape index (κ1) is 25.2. The number of ether oxygens (including phenoxy) is 2. The molecule has 0 radical (unpaired) electrons. The average molecular weight is 412 g/mol. The molecule has 168 valence electrons. The van der Waals surface area contributed by atoms with E-state index in [1.165, 1.54) is 19.3 Å². The maximum absolute atomic E-state index is 5.96. The van der Waals surface area contributed by atoms with Crippen LogP contribution in [0.2, 0.25) is 0 Å². The molecule has 29 heavy (non-hydrogen) atoms. The van der Waals surface area contributed by atoms with Crippen LogP contribution >= 0.6 is 0 Å². The summed E-state index contributed by atoms with van der Waals surface area (Å²) < 4.78 is 33.9. The van der Waals surface area contributed by atoms with E-state index in [0.717, 1.165) is 32.3 Å². The lowest BCUT2D eigenvalue weighted by Gasteiger charge is -2.32. The summed E-state index contributed by atoms with van der Waals surface area (Å²) in [5.41, 5.74) is -1.44. The average Bonchev–Trinajstić information content (AvgIpc) is 3.33. The van der Waals surface area contributed by atoms with Crippen molar-refractivity contribution in [1.82, 2.24) is 0 Å². The van der Waals surface area contributed by atoms with Gasteiger partial charge in [0.25, 0.3) is 0 Å². The third kappa shape index (κ3) is 6.44. The second-order valence-corrected chi connectivity index (χ2v) is 10.5. The van der Waals surface area contributed by atoms with Crippen molar-refractivity contribution in [3.05, 3.63) is 0 Å². The van der Waals surface area contributed by atoms with Crippen LogP contribution in [-0.2, 0) is 28.1 Å². The minimum atomic E-state index is -0.476. The van der Waals surface area contributed by atoms with E-state index in [0.29, 0.717) is 0 Å². The molecule has 4 fully saturated rings. The molecule has 1 atom stereocenters. The van der Waals surface area contributed by atoms with Crippen molar-refractivity contribution in [2.24, 2.45) is 5.92 Å². The summed E-state index contributed by atoms with van der Waals surface area (Å²) >= 11 is 0. The number of hydrogen-bond acceptors (Lipinski definition) is 6. The Bertz CT molecular complexity index is 440. The molecule has 4 heterocycles. The lowest BCUT2D eigenvalue weighted by molar-refractivity contribution is 0.00578. The number of hydrogen-bond donors (Lipinski definition) is 0. The van der Waals surface area contributed by atoms with Gasteiger partial charge in [0.2, 0.25) is 0 Å². The molecule has 0 N–H and O–H groups in total. The second kappa shape index (κ2) is 9.58. The molecule has 4 aliphatic rings. The molecule has 0 spiro atoms. The lowest BCUT2D eigenvalue weighted by Crippen LogP contribution is -2.41. The summed E-state index contributed by atoms with van der Waals surface area (Å²) in [6.07, 6.45) is 3.82. The van der Waals surface area contributed by atoms with Gasteiger partial charge in [-0.3, -0.25) is 0 Å². The molecule has 8 heteroatoms. The Labute approximate surface area is 178 Å². The Balaban J connectivity index is 0.000000220. The van der Waals surface area contributed by atoms with Crippen molar-refractivity contribution in [1.29, 1.82) is 0 Å². The Morgan fingerprint density at radius 2 is 0.966 bits per heavy atom. The van der Waals surface area contributed by atoms with Gasteiger partial charge in [-0.1, -0.05) is 6.92 Å². The van der Waals surface area contributed by atoms with Crippen molar-refractivity contribution in [3.63, 3.8) is 0 Å². The maximum Gasteiger partial charge on any atom is 0.488 e. The summed E-state index contributed by atoms with van der Waals surface area (Å²) in [6, 6.07) is 0. The minimum absolute atomic E-state index is 0.360. The Kier molecular flexibility index (Phi) is 8.31. The van der Waals surface area contributed by atoms with Gasteiger partial charge in [-0.05, 0) is 80.6 Å². The molecule has 4 aliphatic heterocycles. The molecule has 0 aromatic carbocycles. The van der Waals surface area contributed by atoms with E-state index in [2.05, 4.69) is 6.92 Å². The van der Waals surface area contributed by atoms with Crippen molar-refractivity contribution >= 4 is 14.0 Å². The topological polar surface area (TPSA) is 55.4 Å². The van der Waals surface area contributed by atoms with Gasteiger partial charge < -0.3 is 28.1 Å². The standard InChI is InChI=1S/C12H24B2O4.C5H10O.C4H8O/c1-9(2)10(3,4)16-13(15-9)14-17-11(5,6)12(7,8)18-14;1-5-2-3-6-4-5;1-2-4-5-3-1/h1-8H3;5H,2-4H2,1H3;1-4H2. The third-order valence-electron chi connectivity index (χ3n) is 6.75. The zero-order chi connectivity index (χ0) is 21.9. The molecule has 0 saturated carbocycles. The van der Waals surface area contributed by atoms with Crippen molar-refractivity contribution in [2.45, 2.75) is 104 Å². The van der Waals surface area contributed by atoms with E-state index in [1.807, 2.05) is 55.4 Å². The van der Waals surface area contributed by atoms with Crippen molar-refractivity contribution in [2.75, 3.05) is 26.4 Å². The zero-order valence-corrected chi connectivity index (χ0v) is 20.1. The highest BCUT2D eigenvalue weighted by atomic mass is 16.7. The van der Waals surface area contributed by atoms with Gasteiger partial charge in [0.1, 0.15) is 0 Å². The van der Waals surface area contributed by atoms with E-state index in [1.54, 1.807) is 0 Å². The van der Waals surface area contributed by atoms with Crippen LogP contribution in [0.25, 0.3) is 0 Å². The highest BCUT2D eigenvalue weighted by molar-refractivity contribution is 7.11. The van der Waals surface area contributed by atoms with E-state index < -0.39 is 14.0 Å². The van der Waals surface area contributed by atoms with Crippen LogP contribution in [0, 0.1) is 5.92 Å². The molecule has 4 rings (SSSR count). The summed E-state index contributed by atoms with van der Waals surface area (Å²) in [7, 11) is -0.952. The van der Waals surface area contributed by atoms with Crippen LogP contribution in [-0.4, -0.2) is 62.9 Å². The van der Waals surface area contributed by atoms with Gasteiger partial charge in [-0.15, -0.1) is 0 Å². The third-order valence-corrected chi connectivity index (χ3v) is 6.75. The monoisotopic (exact) mass is 412 g/mol. The fraction of sp³-hybridized carbons (Fsp3) is 1.00. The quantitative estimate of drug-likeness (QED) is 0.605. The first-order valence-electron chi connectivity index (χ1n) is 11.1. The Morgan fingerprint density at radius 3 is 1.14 bits per heavy atom. The Hall–Kier alpha value is -0.110. The highest BCUT2D eigenvalue weighted by Gasteiger charge is 2.63. The van der Waals surface area contributed by atoms with E-state index in [9.17, 15) is 0 Å². The SMILES string of the molecule is C1CCOC1.CC1(C)OB(B2OC(C)(C)C(C)(C)O2)OC1(C)C.CC1CCOC1. The largest absolute Gasteiger partial charge is 0.488 e. The first-order chi connectivity index (χ1) is 13.3. The van der Waals surface area contributed by atoms with Crippen molar-refractivity contribution in [3.8, 4) is 0 Å². The minimum Gasteiger partial charge on any atom is -0.405 e. The fourth-order valence-corrected chi connectivity index (χ4v) is 3.16. The summed E-state index contributed by atoms with van der Waals surface area (Å²) in [5.74, 6) is 0.824. The van der Waals surface area contributed by atoms with Crippen LogP contribution in [0.4, 0.5) is 0 Å². The molecule has 4 saturated heterocycles. The lowest BCUT2D eigenvalue weighted by atomic mass is 9.49. The van der Waals surface area contributed by atoms with Crippen LogP contribution < -0.4 is 0 Å². The predicted molar refractivity (Wildman–Crippen MR) is 117 cm³/mol. The van der Waals surface area contributed by atoms with Gasteiger partial charge in [0.15, 0.2) is 0 Å². The smallest absolute Gasteiger partial charge is 0.405 e.